The van der Waals surface area contributed by atoms with Crippen LogP contribution in [0.25, 0.3) is 0 Å². The van der Waals surface area contributed by atoms with Crippen LogP contribution in [0.5, 0.6) is 0 Å². The Labute approximate surface area is 171 Å². The van der Waals surface area contributed by atoms with E-state index < -0.39 is 17.7 Å². The van der Waals surface area contributed by atoms with Crippen molar-refractivity contribution in [1.82, 2.24) is 19.7 Å². The fraction of sp³-hybridized carbons (Fsp3) is 0.300. The minimum atomic E-state index is -0.655. The molecule has 1 aliphatic carbocycles. The molecule has 4 N–H and O–H groups in total. The van der Waals surface area contributed by atoms with E-state index in [-0.39, 0.29) is 17.4 Å². The normalized spacial score (nSPS) is 14.4. The van der Waals surface area contributed by atoms with Crippen molar-refractivity contribution in [3.8, 4) is 0 Å². The molecule has 1 fully saturated rings. The highest BCUT2D eigenvalue weighted by Gasteiger charge is 2.29. The van der Waals surface area contributed by atoms with Gasteiger partial charge in [-0.05, 0) is 25.8 Å². The summed E-state index contributed by atoms with van der Waals surface area (Å²) in [5.41, 5.74) is 6.97. The van der Waals surface area contributed by atoms with Gasteiger partial charge in [-0.15, -0.1) is 5.10 Å². The summed E-state index contributed by atoms with van der Waals surface area (Å²) in [4.78, 5) is 20.1. The molecule has 0 spiro atoms. The highest BCUT2D eigenvalue weighted by atomic mass is 19.1. The summed E-state index contributed by atoms with van der Waals surface area (Å²) in [5, 5.41) is 10.4. The van der Waals surface area contributed by atoms with Crippen molar-refractivity contribution in [2.45, 2.75) is 38.6 Å². The van der Waals surface area contributed by atoms with Gasteiger partial charge >= 0.3 is 0 Å². The molecule has 8 nitrogen and oxygen atoms in total. The maximum atomic E-state index is 14.0. The third kappa shape index (κ3) is 4.22. The molecule has 0 aliphatic heterocycles. The molecule has 1 saturated carbocycles. The second-order valence-corrected chi connectivity index (χ2v) is 7.31. The van der Waals surface area contributed by atoms with E-state index in [1.54, 1.807) is 13.0 Å². The van der Waals surface area contributed by atoms with Crippen molar-refractivity contribution < 1.29 is 13.6 Å². The molecule has 1 unspecified atom stereocenters. The second-order valence-electron chi connectivity index (χ2n) is 7.31. The number of nitrogens with one attached hydrogen (secondary N) is 2. The monoisotopic (exact) mass is 413 g/mol. The van der Waals surface area contributed by atoms with Gasteiger partial charge in [-0.25, -0.2) is 13.5 Å². The number of anilines is 4. The number of nitrogens with two attached hydrogens (primary N) is 1. The molecule has 30 heavy (non-hydrogen) atoms. The van der Waals surface area contributed by atoms with E-state index >= 15 is 0 Å². The molecule has 156 valence electrons. The molecule has 10 heteroatoms. The van der Waals surface area contributed by atoms with E-state index in [4.69, 9.17) is 5.73 Å². The number of rotatable bonds is 6. The molecule has 2 aromatic heterocycles. The summed E-state index contributed by atoms with van der Waals surface area (Å²) in [6.07, 6.45) is 2.07. The van der Waals surface area contributed by atoms with Crippen LogP contribution >= 0.6 is 0 Å². The second kappa shape index (κ2) is 7.69. The fourth-order valence-corrected chi connectivity index (χ4v) is 3.27. The van der Waals surface area contributed by atoms with E-state index in [2.05, 4.69) is 25.7 Å². The van der Waals surface area contributed by atoms with Crippen LogP contribution in [-0.2, 0) is 0 Å². The molecule has 1 atom stereocenters. The largest absolute Gasteiger partial charge is 0.368 e. The molecule has 0 bridgehead atoms. The Bertz CT molecular complexity index is 1110. The van der Waals surface area contributed by atoms with Crippen molar-refractivity contribution in [3.63, 3.8) is 0 Å². The molecular formula is C20H21F2N7O. The molecule has 0 saturated heterocycles. The Kier molecular flexibility index (Phi) is 5.06. The standard InChI is InChI=1S/C20H21F2N7O/c1-10(14-6-5-13(21)7-15(14)22)24-17-9-18(27-20(23)26-17)25-19-8-16(12-3-4-12)29(28-19)11(2)30/h5-10,12H,3-4H2,1-2H3,(H4,23,24,25,26,27,28). The highest BCUT2D eigenvalue weighted by molar-refractivity contribution is 5.77. The van der Waals surface area contributed by atoms with Gasteiger partial charge in [0.05, 0.1) is 11.7 Å². The number of hydrogen-bond donors (Lipinski definition) is 3. The van der Waals surface area contributed by atoms with Gasteiger partial charge in [-0.2, -0.15) is 9.97 Å². The summed E-state index contributed by atoms with van der Waals surface area (Å²) < 4.78 is 28.6. The predicted octanol–water partition coefficient (Wildman–Crippen LogP) is 3.99. The maximum absolute atomic E-state index is 14.0. The van der Waals surface area contributed by atoms with E-state index in [1.807, 2.05) is 6.07 Å². The summed E-state index contributed by atoms with van der Waals surface area (Å²) in [6.45, 7) is 3.18. The van der Waals surface area contributed by atoms with Crippen molar-refractivity contribution in [3.05, 3.63) is 53.2 Å². The number of carbonyl (C=O) groups is 1. The van der Waals surface area contributed by atoms with E-state index in [0.29, 0.717) is 23.4 Å². The molecule has 1 aliphatic rings. The minimum absolute atomic E-state index is 0.00250. The number of nitrogen functional groups attached to an aromatic ring is 1. The topological polar surface area (TPSA) is 111 Å². The first kappa shape index (κ1) is 19.7. The average molecular weight is 413 g/mol. The zero-order valence-electron chi connectivity index (χ0n) is 16.5. The van der Waals surface area contributed by atoms with E-state index in [9.17, 15) is 13.6 Å². The fourth-order valence-electron chi connectivity index (χ4n) is 3.27. The Balaban J connectivity index is 1.55. The number of aromatic nitrogens is 4. The molecule has 1 aromatic carbocycles. The van der Waals surface area contributed by atoms with Crippen LogP contribution in [-0.4, -0.2) is 25.7 Å². The zero-order valence-corrected chi connectivity index (χ0v) is 16.5. The summed E-state index contributed by atoms with van der Waals surface area (Å²) in [7, 11) is 0. The van der Waals surface area contributed by atoms with Gasteiger partial charge in [0.1, 0.15) is 23.3 Å². The van der Waals surface area contributed by atoms with Crippen LogP contribution in [0.3, 0.4) is 0 Å². The van der Waals surface area contributed by atoms with Gasteiger partial charge in [0.2, 0.25) is 11.9 Å². The molecule has 2 heterocycles. The lowest BCUT2D eigenvalue weighted by Gasteiger charge is -2.16. The van der Waals surface area contributed by atoms with E-state index in [0.717, 1.165) is 24.6 Å². The lowest BCUT2D eigenvalue weighted by atomic mass is 10.1. The lowest BCUT2D eigenvalue weighted by molar-refractivity contribution is 0.0918. The van der Waals surface area contributed by atoms with Crippen LogP contribution in [0.2, 0.25) is 0 Å². The molecule has 0 amide bonds. The quantitative estimate of drug-likeness (QED) is 0.560. The maximum Gasteiger partial charge on any atom is 0.244 e. The van der Waals surface area contributed by atoms with Gasteiger partial charge in [0.25, 0.3) is 0 Å². The number of halogens is 2. The van der Waals surface area contributed by atoms with Gasteiger partial charge in [0.15, 0.2) is 5.82 Å². The third-order valence-corrected chi connectivity index (χ3v) is 4.82. The number of hydrogen-bond acceptors (Lipinski definition) is 7. The summed E-state index contributed by atoms with van der Waals surface area (Å²) >= 11 is 0. The zero-order chi connectivity index (χ0) is 21.4. The van der Waals surface area contributed by atoms with Crippen molar-refractivity contribution in [1.29, 1.82) is 0 Å². The van der Waals surface area contributed by atoms with Crippen LogP contribution in [0.1, 0.15) is 54.7 Å². The van der Waals surface area contributed by atoms with Crippen molar-refractivity contribution in [2.24, 2.45) is 0 Å². The smallest absolute Gasteiger partial charge is 0.244 e. The Morgan fingerprint density at radius 1 is 1.17 bits per heavy atom. The Hall–Kier alpha value is -3.56. The number of nitrogens with zero attached hydrogens (tertiary/aromatic N) is 4. The van der Waals surface area contributed by atoms with Crippen LogP contribution < -0.4 is 16.4 Å². The number of benzene rings is 1. The first-order valence-corrected chi connectivity index (χ1v) is 9.54. The lowest BCUT2D eigenvalue weighted by Crippen LogP contribution is -2.12. The Morgan fingerprint density at radius 3 is 2.57 bits per heavy atom. The third-order valence-electron chi connectivity index (χ3n) is 4.82. The first-order chi connectivity index (χ1) is 14.3. The van der Waals surface area contributed by atoms with Crippen molar-refractivity contribution >= 4 is 29.3 Å². The highest BCUT2D eigenvalue weighted by Crippen LogP contribution is 2.41. The number of carbonyl (C=O) groups excluding carboxylic acids is 1. The first-order valence-electron chi connectivity index (χ1n) is 9.54. The predicted molar refractivity (Wildman–Crippen MR) is 109 cm³/mol. The van der Waals surface area contributed by atoms with Gasteiger partial charge < -0.3 is 16.4 Å². The minimum Gasteiger partial charge on any atom is -0.368 e. The van der Waals surface area contributed by atoms with Crippen LogP contribution in [0, 0.1) is 11.6 Å². The van der Waals surface area contributed by atoms with E-state index in [1.165, 1.54) is 23.7 Å². The van der Waals surface area contributed by atoms with Crippen LogP contribution in [0.4, 0.5) is 32.2 Å². The SMILES string of the molecule is CC(=O)n1nc(Nc2cc(NC(C)c3ccc(F)cc3F)nc(N)n2)cc1C1CC1. The summed E-state index contributed by atoms with van der Waals surface area (Å²) in [5.74, 6) is 0.0775. The molecule has 0 radical (unpaired) electrons. The molecular weight excluding hydrogens is 392 g/mol. The average Bonchev–Trinajstić information content (AvgIpc) is 3.41. The van der Waals surface area contributed by atoms with Gasteiger partial charge in [-0.3, -0.25) is 4.79 Å². The summed E-state index contributed by atoms with van der Waals surface area (Å²) in [6, 6.07) is 6.32. The molecule has 4 rings (SSSR count). The van der Waals surface area contributed by atoms with Crippen LogP contribution in [0.15, 0.2) is 30.3 Å². The van der Waals surface area contributed by atoms with Gasteiger partial charge in [-0.1, -0.05) is 6.07 Å². The van der Waals surface area contributed by atoms with Crippen molar-refractivity contribution in [2.75, 3.05) is 16.4 Å². The Morgan fingerprint density at radius 2 is 1.90 bits per heavy atom. The molecule has 3 aromatic rings. The van der Waals surface area contributed by atoms with Gasteiger partial charge in [0, 0.05) is 36.6 Å².